The van der Waals surface area contributed by atoms with E-state index in [0.717, 1.165) is 18.3 Å². The van der Waals surface area contributed by atoms with E-state index in [2.05, 4.69) is 56.3 Å². The fourth-order valence-corrected chi connectivity index (χ4v) is 3.11. The molecule has 0 amide bonds. The summed E-state index contributed by atoms with van der Waals surface area (Å²) in [5, 5.41) is 3.52. The number of aromatic nitrogens is 1. The minimum atomic E-state index is -0.738. The third kappa shape index (κ3) is 4.68. The Hall–Kier alpha value is -0.713. The Labute approximate surface area is 124 Å². The summed E-state index contributed by atoms with van der Waals surface area (Å²) in [6, 6.07) is 5.05. The zero-order valence-electron chi connectivity index (χ0n) is 13.4. The summed E-state index contributed by atoms with van der Waals surface area (Å²) in [5.41, 5.74) is 2.38. The highest BCUT2D eigenvalue weighted by molar-refractivity contribution is 6.48. The van der Waals surface area contributed by atoms with Crippen molar-refractivity contribution in [3.8, 4) is 0 Å². The monoisotopic (exact) mass is 291 g/mol. The van der Waals surface area contributed by atoms with Gasteiger partial charge in [0, 0.05) is 18.8 Å². The lowest BCUT2D eigenvalue weighted by atomic mass is 9.87. The van der Waals surface area contributed by atoms with Crippen molar-refractivity contribution in [3.05, 3.63) is 29.6 Å². The highest BCUT2D eigenvalue weighted by atomic mass is 28.3. The summed E-state index contributed by atoms with van der Waals surface area (Å²) in [6.07, 6.45) is 4.72. The summed E-state index contributed by atoms with van der Waals surface area (Å²) in [6.45, 7) is 11.9. The Morgan fingerprint density at radius 3 is 2.50 bits per heavy atom. The number of pyridine rings is 1. The number of hydrogen-bond acceptors (Lipinski definition) is 3. The molecule has 1 fully saturated rings. The molecule has 3 nitrogen and oxygen atoms in total. The van der Waals surface area contributed by atoms with Gasteiger partial charge in [0.2, 0.25) is 9.04 Å². The number of nitrogens with zero attached hydrogens (tertiary/aromatic N) is 1. The Bertz CT molecular complexity index is 421. The zero-order valence-corrected chi connectivity index (χ0v) is 14.4. The van der Waals surface area contributed by atoms with E-state index in [0.29, 0.717) is 0 Å². The van der Waals surface area contributed by atoms with Crippen LogP contribution in [-0.4, -0.2) is 20.1 Å². The minimum Gasteiger partial charge on any atom is -0.408 e. The van der Waals surface area contributed by atoms with Crippen molar-refractivity contribution < 1.29 is 4.43 Å². The molecule has 0 bridgehead atoms. The molecule has 2 rings (SSSR count). The predicted octanol–water partition coefficient (Wildman–Crippen LogP) is 3.69. The van der Waals surface area contributed by atoms with E-state index < -0.39 is 9.04 Å². The first-order valence-corrected chi connectivity index (χ1v) is 9.92. The van der Waals surface area contributed by atoms with Gasteiger partial charge in [0.15, 0.2) is 0 Å². The van der Waals surface area contributed by atoms with E-state index in [1.165, 1.54) is 18.4 Å². The second-order valence-electron chi connectivity index (χ2n) is 7.02. The predicted molar refractivity (Wildman–Crippen MR) is 84.9 cm³/mol. The molecule has 1 heterocycles. The third-order valence-electron chi connectivity index (χ3n) is 3.43. The molecule has 111 valence electrons. The molecule has 1 aromatic rings. The van der Waals surface area contributed by atoms with Crippen LogP contribution in [0, 0.1) is 5.41 Å². The molecule has 1 N–H and O–H groups in total. The minimum absolute atomic E-state index is 0.0721. The molecule has 1 radical (unpaired) electrons. The number of nitrogens with one attached hydrogen (secondary N) is 1. The summed E-state index contributed by atoms with van der Waals surface area (Å²) in [7, 11) is -0.738. The van der Waals surface area contributed by atoms with Crippen molar-refractivity contribution in [2.24, 2.45) is 5.41 Å². The Morgan fingerprint density at radius 2 is 2.05 bits per heavy atom. The van der Waals surface area contributed by atoms with Crippen LogP contribution >= 0.6 is 0 Å². The largest absolute Gasteiger partial charge is 0.408 e. The molecule has 1 aromatic heterocycles. The maximum atomic E-state index is 6.17. The van der Waals surface area contributed by atoms with Crippen LogP contribution in [0.15, 0.2) is 18.3 Å². The fourth-order valence-electron chi connectivity index (χ4n) is 2.16. The van der Waals surface area contributed by atoms with E-state index in [9.17, 15) is 0 Å². The maximum Gasteiger partial charge on any atom is 0.205 e. The Kier molecular flexibility index (Phi) is 4.99. The topological polar surface area (TPSA) is 34.1 Å². The van der Waals surface area contributed by atoms with Gasteiger partial charge < -0.3 is 9.74 Å². The van der Waals surface area contributed by atoms with Gasteiger partial charge in [-0.3, -0.25) is 4.98 Å². The molecule has 1 aliphatic carbocycles. The number of hydrogen-bond donors (Lipinski definition) is 1. The highest BCUT2D eigenvalue weighted by Crippen LogP contribution is 2.35. The first kappa shape index (κ1) is 15.7. The zero-order chi connectivity index (χ0) is 14.8. The van der Waals surface area contributed by atoms with Gasteiger partial charge in [-0.25, -0.2) is 0 Å². The molecular weight excluding hydrogens is 264 g/mol. The first-order chi connectivity index (χ1) is 9.36. The highest BCUT2D eigenvalue weighted by Gasteiger charge is 2.29. The van der Waals surface area contributed by atoms with Gasteiger partial charge in [-0.1, -0.05) is 26.8 Å². The SMILES string of the molecule is C[Si](C)OC(c1ccc(CNC2CC2)cn1)C(C)(C)C. The Morgan fingerprint density at radius 1 is 1.35 bits per heavy atom. The molecule has 0 saturated heterocycles. The summed E-state index contributed by atoms with van der Waals surface area (Å²) in [5.74, 6) is 0. The van der Waals surface area contributed by atoms with Crippen LogP contribution < -0.4 is 5.32 Å². The van der Waals surface area contributed by atoms with Crippen molar-refractivity contribution in [2.75, 3.05) is 0 Å². The number of rotatable bonds is 6. The van der Waals surface area contributed by atoms with Gasteiger partial charge in [0.25, 0.3) is 0 Å². The van der Waals surface area contributed by atoms with Crippen LogP contribution in [0.1, 0.15) is 51.0 Å². The van der Waals surface area contributed by atoms with Crippen LogP contribution in [0.5, 0.6) is 0 Å². The molecule has 0 spiro atoms. The van der Waals surface area contributed by atoms with Crippen molar-refractivity contribution in [1.82, 2.24) is 10.3 Å². The molecule has 1 saturated carbocycles. The third-order valence-corrected chi connectivity index (χ3v) is 4.14. The van der Waals surface area contributed by atoms with Crippen LogP contribution in [0.2, 0.25) is 13.1 Å². The molecule has 20 heavy (non-hydrogen) atoms. The van der Waals surface area contributed by atoms with Crippen LogP contribution in [0.25, 0.3) is 0 Å². The second kappa shape index (κ2) is 6.37. The standard InChI is InChI=1S/C16H27N2OSi/c1-16(2,3)15(19-20(4)5)14-9-6-12(11-18-14)10-17-13-7-8-13/h6,9,11,13,15,17H,7-8,10H2,1-5H3. The van der Waals surface area contributed by atoms with Gasteiger partial charge in [0.1, 0.15) is 0 Å². The fraction of sp³-hybridized carbons (Fsp3) is 0.688. The quantitative estimate of drug-likeness (QED) is 0.812. The van der Waals surface area contributed by atoms with Crippen molar-refractivity contribution in [3.63, 3.8) is 0 Å². The van der Waals surface area contributed by atoms with E-state index in [1.807, 2.05) is 6.20 Å². The van der Waals surface area contributed by atoms with Gasteiger partial charge in [-0.15, -0.1) is 0 Å². The molecular formula is C16H27N2OSi. The summed E-state index contributed by atoms with van der Waals surface area (Å²) in [4.78, 5) is 4.65. The first-order valence-electron chi connectivity index (χ1n) is 7.51. The molecule has 0 aliphatic heterocycles. The van der Waals surface area contributed by atoms with Crippen molar-refractivity contribution in [1.29, 1.82) is 0 Å². The molecule has 1 aliphatic rings. The van der Waals surface area contributed by atoms with Crippen molar-refractivity contribution >= 4 is 9.04 Å². The maximum absolute atomic E-state index is 6.17. The van der Waals surface area contributed by atoms with Gasteiger partial charge in [0.05, 0.1) is 11.8 Å². The summed E-state index contributed by atoms with van der Waals surface area (Å²) >= 11 is 0. The van der Waals surface area contributed by atoms with Gasteiger partial charge >= 0.3 is 0 Å². The molecule has 4 heteroatoms. The molecule has 0 aromatic carbocycles. The van der Waals surface area contributed by atoms with Gasteiger partial charge in [-0.2, -0.15) is 0 Å². The lowest BCUT2D eigenvalue weighted by Crippen LogP contribution is -2.26. The van der Waals surface area contributed by atoms with Crippen LogP contribution in [-0.2, 0) is 11.0 Å². The van der Waals surface area contributed by atoms with Crippen LogP contribution in [0.4, 0.5) is 0 Å². The lowest BCUT2D eigenvalue weighted by Gasteiger charge is -2.32. The van der Waals surface area contributed by atoms with Crippen LogP contribution in [0.3, 0.4) is 0 Å². The van der Waals surface area contributed by atoms with E-state index in [-0.39, 0.29) is 11.5 Å². The van der Waals surface area contributed by atoms with E-state index in [1.54, 1.807) is 0 Å². The normalized spacial score (nSPS) is 17.5. The average Bonchev–Trinajstić information content (AvgIpc) is 3.17. The molecule has 1 atom stereocenters. The second-order valence-corrected chi connectivity index (χ2v) is 9.07. The smallest absolute Gasteiger partial charge is 0.205 e. The molecule has 1 unspecified atom stereocenters. The van der Waals surface area contributed by atoms with E-state index >= 15 is 0 Å². The Balaban J connectivity index is 2.04. The lowest BCUT2D eigenvalue weighted by molar-refractivity contribution is 0.0827. The van der Waals surface area contributed by atoms with Gasteiger partial charge in [-0.05, 0) is 43.0 Å². The van der Waals surface area contributed by atoms with Crippen molar-refractivity contribution in [2.45, 2.75) is 65.4 Å². The summed E-state index contributed by atoms with van der Waals surface area (Å²) < 4.78 is 6.17. The van der Waals surface area contributed by atoms with E-state index in [4.69, 9.17) is 4.43 Å². The average molecular weight is 291 g/mol.